The van der Waals surface area contributed by atoms with Crippen LogP contribution in [0.5, 0.6) is 0 Å². The highest BCUT2D eigenvalue weighted by Gasteiger charge is 2.10. The zero-order valence-electron chi connectivity index (χ0n) is 21.5. The molecular formula is C31H30N6O2. The molecule has 39 heavy (non-hydrogen) atoms. The molecule has 0 aliphatic carbocycles. The topological polar surface area (TPSA) is 109 Å². The Morgan fingerprint density at radius 2 is 0.872 bits per heavy atom. The number of nitrogens with one attached hydrogen (secondary N) is 2. The van der Waals surface area contributed by atoms with Crippen molar-refractivity contribution in [1.82, 2.24) is 20.8 Å². The van der Waals surface area contributed by atoms with Crippen molar-refractivity contribution in [3.05, 3.63) is 132 Å². The molecule has 0 aliphatic rings. The fraction of sp³-hybridized carbons (Fsp3) is 0.161. The van der Waals surface area contributed by atoms with Gasteiger partial charge in [-0.25, -0.2) is 10.9 Å². The maximum absolute atomic E-state index is 12.4. The van der Waals surface area contributed by atoms with E-state index in [4.69, 9.17) is 0 Å². The Hall–Kier alpha value is -4.98. The van der Waals surface area contributed by atoms with Crippen molar-refractivity contribution in [3.63, 3.8) is 0 Å². The van der Waals surface area contributed by atoms with Crippen LogP contribution in [0.2, 0.25) is 0 Å². The van der Waals surface area contributed by atoms with Gasteiger partial charge in [-0.2, -0.15) is 10.2 Å². The molecule has 196 valence electrons. The van der Waals surface area contributed by atoms with Crippen LogP contribution in [0.3, 0.4) is 0 Å². The second kappa shape index (κ2) is 14.7. The Bertz CT molecular complexity index is 1200. The summed E-state index contributed by atoms with van der Waals surface area (Å²) in [7, 11) is 0. The van der Waals surface area contributed by atoms with Crippen molar-refractivity contribution < 1.29 is 9.59 Å². The van der Waals surface area contributed by atoms with E-state index in [1.807, 2.05) is 84.9 Å². The molecular weight excluding hydrogens is 488 g/mol. The molecule has 0 unspecified atom stereocenters. The van der Waals surface area contributed by atoms with Gasteiger partial charge < -0.3 is 0 Å². The summed E-state index contributed by atoms with van der Waals surface area (Å²) in [5.74, 6) is -0.340. The number of rotatable bonds is 12. The summed E-state index contributed by atoms with van der Waals surface area (Å²) in [6.45, 7) is 0. The van der Waals surface area contributed by atoms with E-state index < -0.39 is 0 Å². The number of amides is 2. The first-order valence-electron chi connectivity index (χ1n) is 12.9. The maximum Gasteiger partial charge on any atom is 0.240 e. The van der Waals surface area contributed by atoms with Crippen molar-refractivity contribution in [3.8, 4) is 0 Å². The van der Waals surface area contributed by atoms with Crippen LogP contribution in [-0.4, -0.2) is 33.2 Å². The Morgan fingerprint density at radius 3 is 1.26 bits per heavy atom. The highest BCUT2D eigenvalue weighted by atomic mass is 16.2. The van der Waals surface area contributed by atoms with E-state index in [-0.39, 0.29) is 11.8 Å². The molecule has 8 heteroatoms. The largest absolute Gasteiger partial charge is 0.273 e. The molecule has 4 aromatic rings. The average Bonchev–Trinajstić information content (AvgIpc) is 2.99. The quantitative estimate of drug-likeness (QED) is 0.159. The van der Waals surface area contributed by atoms with Gasteiger partial charge in [0, 0.05) is 59.9 Å². The lowest BCUT2D eigenvalue weighted by molar-refractivity contribution is -0.121. The number of hydrogen-bond donors (Lipinski definition) is 2. The highest BCUT2D eigenvalue weighted by Crippen LogP contribution is 2.11. The molecule has 0 saturated carbocycles. The Kier molecular flexibility index (Phi) is 10.2. The number of aromatic nitrogens is 2. The van der Waals surface area contributed by atoms with E-state index >= 15 is 0 Å². The van der Waals surface area contributed by atoms with Gasteiger partial charge in [0.1, 0.15) is 0 Å². The van der Waals surface area contributed by atoms with Gasteiger partial charge in [-0.05, 0) is 37.1 Å². The van der Waals surface area contributed by atoms with Gasteiger partial charge in [-0.1, -0.05) is 67.1 Å². The monoisotopic (exact) mass is 518 g/mol. The third-order valence-electron chi connectivity index (χ3n) is 5.89. The molecule has 4 rings (SSSR count). The Labute approximate surface area is 227 Å². The lowest BCUT2D eigenvalue weighted by Gasteiger charge is -2.08. The molecule has 0 aliphatic heterocycles. The predicted octanol–water partition coefficient (Wildman–Crippen LogP) is 4.86. The van der Waals surface area contributed by atoms with E-state index in [9.17, 15) is 9.59 Å². The zero-order valence-corrected chi connectivity index (χ0v) is 21.5. The lowest BCUT2D eigenvalue weighted by Crippen LogP contribution is -2.21. The van der Waals surface area contributed by atoms with Gasteiger partial charge in [0.15, 0.2) is 0 Å². The molecule has 0 radical (unpaired) electrons. The molecule has 2 N–H and O–H groups in total. The number of hydrogen-bond acceptors (Lipinski definition) is 6. The van der Waals surface area contributed by atoms with E-state index in [0.29, 0.717) is 37.1 Å². The molecule has 2 aromatic carbocycles. The average molecular weight is 519 g/mol. The maximum atomic E-state index is 12.4. The van der Waals surface area contributed by atoms with E-state index in [1.165, 1.54) is 0 Å². The summed E-state index contributed by atoms with van der Waals surface area (Å²) >= 11 is 0. The highest BCUT2D eigenvalue weighted by molar-refractivity contribution is 6.13. The first-order chi connectivity index (χ1) is 19.2. The van der Waals surface area contributed by atoms with Crippen LogP contribution in [0.1, 0.15) is 54.4 Å². The van der Waals surface area contributed by atoms with Crippen molar-refractivity contribution in [1.29, 1.82) is 0 Å². The third-order valence-corrected chi connectivity index (χ3v) is 5.89. The molecule has 8 nitrogen and oxygen atoms in total. The summed E-state index contributed by atoms with van der Waals surface area (Å²) in [4.78, 5) is 33.0. The summed E-state index contributed by atoms with van der Waals surface area (Å²) in [6, 6.07) is 26.8. The minimum atomic E-state index is -0.170. The molecule has 0 spiro atoms. The molecule has 0 atom stereocenters. The first-order valence-corrected chi connectivity index (χ1v) is 12.9. The number of pyridine rings is 2. The van der Waals surface area contributed by atoms with Crippen molar-refractivity contribution >= 4 is 23.2 Å². The van der Waals surface area contributed by atoms with Gasteiger partial charge in [0.25, 0.3) is 0 Å². The number of hydrazone groups is 2. The van der Waals surface area contributed by atoms with E-state index in [0.717, 1.165) is 28.7 Å². The smallest absolute Gasteiger partial charge is 0.240 e. The zero-order chi connectivity index (χ0) is 27.1. The number of unbranched alkanes of at least 4 members (excludes halogenated alkanes) is 2. The van der Waals surface area contributed by atoms with Gasteiger partial charge in [0.05, 0.1) is 11.4 Å². The molecule has 0 fully saturated rings. The Balaban J connectivity index is 1.23. The second-order valence-corrected chi connectivity index (χ2v) is 8.76. The van der Waals surface area contributed by atoms with Crippen LogP contribution in [0.4, 0.5) is 0 Å². The number of carbonyl (C=O) groups excluding carboxylic acids is 2. The molecule has 0 saturated heterocycles. The molecule has 2 heterocycles. The standard InChI is InChI=1S/C31H30N6O2/c38-28(34-36-30(24-10-4-1-5-11-24)26-16-20-32-21-17-26)14-8-3-9-15-29(39)35-37-31(25-12-6-2-7-13-25)27-18-22-33-23-19-27/h1-2,4-7,10-13,16-23H,3,8-9,14-15H2,(H,34,38)(H,35,39). The van der Waals surface area contributed by atoms with Crippen molar-refractivity contribution in [2.24, 2.45) is 10.2 Å². The third kappa shape index (κ3) is 8.53. The summed E-state index contributed by atoms with van der Waals surface area (Å²) in [5.41, 5.74) is 10.2. The van der Waals surface area contributed by atoms with Crippen LogP contribution in [0.25, 0.3) is 0 Å². The fourth-order valence-corrected chi connectivity index (χ4v) is 3.90. The van der Waals surface area contributed by atoms with Crippen LogP contribution >= 0.6 is 0 Å². The van der Waals surface area contributed by atoms with Crippen molar-refractivity contribution in [2.75, 3.05) is 0 Å². The van der Waals surface area contributed by atoms with Crippen molar-refractivity contribution in [2.45, 2.75) is 32.1 Å². The van der Waals surface area contributed by atoms with Crippen LogP contribution in [0, 0.1) is 0 Å². The Morgan fingerprint density at radius 1 is 0.513 bits per heavy atom. The minimum Gasteiger partial charge on any atom is -0.273 e. The van der Waals surface area contributed by atoms with Gasteiger partial charge >= 0.3 is 0 Å². The number of carbonyl (C=O) groups is 2. The van der Waals surface area contributed by atoms with Gasteiger partial charge in [-0.3, -0.25) is 19.6 Å². The van der Waals surface area contributed by atoms with Gasteiger partial charge in [-0.15, -0.1) is 0 Å². The van der Waals surface area contributed by atoms with E-state index in [2.05, 4.69) is 31.0 Å². The first kappa shape index (κ1) is 27.1. The van der Waals surface area contributed by atoms with E-state index in [1.54, 1.807) is 24.8 Å². The van der Waals surface area contributed by atoms with Gasteiger partial charge in [0.2, 0.25) is 11.8 Å². The normalized spacial score (nSPS) is 11.6. The number of benzene rings is 2. The number of nitrogens with zero attached hydrogens (tertiary/aromatic N) is 4. The van der Waals surface area contributed by atoms with Crippen LogP contribution in [-0.2, 0) is 9.59 Å². The molecule has 0 bridgehead atoms. The van der Waals surface area contributed by atoms with Crippen LogP contribution in [0.15, 0.2) is 120 Å². The van der Waals surface area contributed by atoms with Crippen LogP contribution < -0.4 is 10.9 Å². The second-order valence-electron chi connectivity index (χ2n) is 8.76. The molecule has 2 amide bonds. The molecule has 2 aromatic heterocycles. The SMILES string of the molecule is O=C(CCCCCC(=O)NN=C(c1ccccc1)c1ccncc1)NN=C(c1ccccc1)c1ccncc1. The summed E-state index contributed by atoms with van der Waals surface area (Å²) in [5, 5.41) is 8.78. The fourth-order valence-electron chi connectivity index (χ4n) is 3.90. The summed E-state index contributed by atoms with van der Waals surface area (Å²) in [6.07, 6.45) is 9.46. The lowest BCUT2D eigenvalue weighted by atomic mass is 10.0. The minimum absolute atomic E-state index is 0.170. The predicted molar refractivity (Wildman–Crippen MR) is 152 cm³/mol. The summed E-state index contributed by atoms with van der Waals surface area (Å²) < 4.78 is 0.